The summed E-state index contributed by atoms with van der Waals surface area (Å²) in [5.74, 6) is 0. The number of halogens is 1. The molecule has 2 N–H and O–H groups in total. The van der Waals surface area contributed by atoms with Crippen molar-refractivity contribution in [2.45, 2.75) is 0 Å². The van der Waals surface area contributed by atoms with Crippen molar-refractivity contribution < 1.29 is 21.4 Å². The topological polar surface area (TPSA) is 57.5 Å². The fourth-order valence-electron chi connectivity index (χ4n) is 0. The third-order valence-corrected chi connectivity index (χ3v) is 0. The summed E-state index contributed by atoms with van der Waals surface area (Å²) in [4.78, 5) is 13.9. The number of hydrogen-bond acceptors (Lipinski definition) is 1. The van der Waals surface area contributed by atoms with Gasteiger partial charge < -0.3 is 2.85 Å². The van der Waals surface area contributed by atoms with E-state index in [0.717, 1.165) is 0 Å². The second-order valence-corrected chi connectivity index (χ2v) is 1.42. The van der Waals surface area contributed by atoms with Gasteiger partial charge in [0.1, 0.15) is 0 Å². The smallest absolute Gasteiger partial charge is 1.00 e. The standard InChI is InChI=1S/FH2O3P.Mg.2H/c1-5(2,3)4;;;/h(H2,2,3,4);;;/q;+2;2*-1. The maximum Gasteiger partial charge on any atom is 2.00 e. The molecule has 0 saturated carbocycles. The summed E-state index contributed by atoms with van der Waals surface area (Å²) in [7, 11) is -5.14. The molecule has 0 bridgehead atoms. The zero-order valence-electron chi connectivity index (χ0n) is 4.83. The minimum atomic E-state index is -5.14. The van der Waals surface area contributed by atoms with Crippen LogP contribution in [0.25, 0.3) is 0 Å². The van der Waals surface area contributed by atoms with Gasteiger partial charge in [-0.1, -0.05) is 0 Å². The van der Waals surface area contributed by atoms with Gasteiger partial charge in [0, 0.05) is 0 Å². The van der Waals surface area contributed by atoms with Crippen LogP contribution < -0.4 is 0 Å². The monoisotopic (exact) mass is 126 g/mol. The predicted molar refractivity (Wildman–Crippen MR) is 21.1 cm³/mol. The van der Waals surface area contributed by atoms with Crippen LogP contribution in [0.3, 0.4) is 0 Å². The summed E-state index contributed by atoms with van der Waals surface area (Å²) in [6.07, 6.45) is 0. The molecule has 0 aliphatic rings. The Hall–Kier alpha value is 0.846. The van der Waals surface area contributed by atoms with E-state index in [-0.39, 0.29) is 25.9 Å². The van der Waals surface area contributed by atoms with Crippen molar-refractivity contribution in [3.63, 3.8) is 0 Å². The van der Waals surface area contributed by atoms with Crippen LogP contribution in [-0.4, -0.2) is 32.8 Å². The summed E-state index contributed by atoms with van der Waals surface area (Å²) in [6, 6.07) is 0. The predicted octanol–water partition coefficient (Wildman–Crippen LogP) is -0.107. The third kappa shape index (κ3) is 100. The number of hydrogen-bond donors (Lipinski definition) is 2. The van der Waals surface area contributed by atoms with Crippen molar-refractivity contribution in [3.05, 3.63) is 0 Å². The van der Waals surface area contributed by atoms with Crippen LogP contribution in [0.2, 0.25) is 0 Å². The third-order valence-electron chi connectivity index (χ3n) is 0. The van der Waals surface area contributed by atoms with Crippen molar-refractivity contribution in [2.75, 3.05) is 0 Å². The molecule has 0 aromatic heterocycles. The van der Waals surface area contributed by atoms with Gasteiger partial charge in [0.2, 0.25) is 0 Å². The van der Waals surface area contributed by atoms with Crippen molar-refractivity contribution in [1.82, 2.24) is 0 Å². The van der Waals surface area contributed by atoms with Gasteiger partial charge in [0.05, 0.1) is 0 Å². The maximum atomic E-state index is 10.4. The van der Waals surface area contributed by atoms with E-state index in [1.54, 1.807) is 0 Å². The normalized spacial score (nSPS) is 9.83. The molecule has 0 radical (unpaired) electrons. The molecule has 0 fully saturated rings. The summed E-state index contributed by atoms with van der Waals surface area (Å²) in [5.41, 5.74) is 0. The molecule has 0 aliphatic carbocycles. The first-order valence-electron chi connectivity index (χ1n) is 0.752. The van der Waals surface area contributed by atoms with E-state index in [2.05, 4.69) is 0 Å². The molecule has 0 aromatic carbocycles. The van der Waals surface area contributed by atoms with Crippen LogP contribution in [-0.2, 0) is 4.57 Å². The van der Waals surface area contributed by atoms with Gasteiger partial charge in [0.15, 0.2) is 0 Å². The molecule has 0 saturated heterocycles. The average Bonchev–Trinajstić information content (AvgIpc) is 0.722. The second-order valence-electron chi connectivity index (χ2n) is 0.473. The zero-order chi connectivity index (χ0) is 4.50. The molecule has 6 heavy (non-hydrogen) atoms. The minimum absolute atomic E-state index is 0. The van der Waals surface area contributed by atoms with Crippen LogP contribution in [0, 0.1) is 0 Å². The van der Waals surface area contributed by atoms with Gasteiger partial charge in [-0.05, 0) is 0 Å². The molecular formula is H4FMgO3P. The Morgan fingerprint density at radius 2 is 1.67 bits per heavy atom. The van der Waals surface area contributed by atoms with Crippen molar-refractivity contribution in [3.8, 4) is 0 Å². The Morgan fingerprint density at radius 3 is 1.67 bits per heavy atom. The first-order chi connectivity index (χ1) is 2.00. The van der Waals surface area contributed by atoms with Crippen LogP contribution in [0.1, 0.15) is 2.85 Å². The summed E-state index contributed by atoms with van der Waals surface area (Å²) >= 11 is 0. The summed E-state index contributed by atoms with van der Waals surface area (Å²) in [5, 5.41) is 0. The Labute approximate surface area is 53.0 Å². The van der Waals surface area contributed by atoms with E-state index in [9.17, 15) is 4.20 Å². The first-order valence-corrected chi connectivity index (χ1v) is 2.25. The number of rotatable bonds is 0. The molecule has 0 aromatic rings. The summed E-state index contributed by atoms with van der Waals surface area (Å²) < 4.78 is 19.0. The van der Waals surface area contributed by atoms with E-state index in [1.807, 2.05) is 0 Å². The Balaban J connectivity index is -0.0000000267. The fraction of sp³-hybridized carbons (Fsp3) is 0. The maximum absolute atomic E-state index is 10.4. The largest absolute Gasteiger partial charge is 2.00 e. The van der Waals surface area contributed by atoms with Crippen molar-refractivity contribution >= 4 is 31.0 Å². The van der Waals surface area contributed by atoms with Gasteiger partial charge in [0.25, 0.3) is 0 Å². The molecule has 6 heteroatoms. The molecule has 0 aliphatic heterocycles. The van der Waals surface area contributed by atoms with Gasteiger partial charge >= 0.3 is 31.0 Å². The molecule has 0 rings (SSSR count). The van der Waals surface area contributed by atoms with Gasteiger partial charge in [-0.15, -0.1) is 4.20 Å². The average molecular weight is 126 g/mol. The molecule has 3 nitrogen and oxygen atoms in total. The van der Waals surface area contributed by atoms with E-state index in [4.69, 9.17) is 14.4 Å². The van der Waals surface area contributed by atoms with Crippen molar-refractivity contribution in [1.29, 1.82) is 0 Å². The van der Waals surface area contributed by atoms with E-state index >= 15 is 0 Å². The molecule has 0 unspecified atom stereocenters. The Bertz CT molecular complexity index is 63.4. The van der Waals surface area contributed by atoms with Crippen LogP contribution >= 0.6 is 7.91 Å². The van der Waals surface area contributed by atoms with E-state index in [0.29, 0.717) is 0 Å². The fourth-order valence-corrected chi connectivity index (χ4v) is 0. The van der Waals surface area contributed by atoms with Crippen LogP contribution in [0.5, 0.6) is 0 Å². The van der Waals surface area contributed by atoms with Crippen molar-refractivity contribution in [2.24, 2.45) is 0 Å². The first kappa shape index (κ1) is 9.96. The van der Waals surface area contributed by atoms with Crippen LogP contribution in [0.4, 0.5) is 4.20 Å². The molecule has 0 heterocycles. The molecule has 0 atom stereocenters. The van der Waals surface area contributed by atoms with Gasteiger partial charge in [-0.2, -0.15) is 0 Å². The van der Waals surface area contributed by atoms with E-state index < -0.39 is 7.91 Å². The zero-order valence-corrected chi connectivity index (χ0v) is 5.14. The SMILES string of the molecule is O=P(O)(O)F.[H-].[H-].[Mg+2]. The molecule has 0 amide bonds. The van der Waals surface area contributed by atoms with E-state index in [1.165, 1.54) is 0 Å². The quantitative estimate of drug-likeness (QED) is 0.352. The Morgan fingerprint density at radius 1 is 1.67 bits per heavy atom. The second kappa shape index (κ2) is 2.93. The minimum Gasteiger partial charge on any atom is -1.00 e. The Kier molecular flexibility index (Phi) is 4.86. The molecular weight excluding hydrogens is 122 g/mol. The molecule has 0 spiro atoms. The van der Waals surface area contributed by atoms with Gasteiger partial charge in [-0.25, -0.2) is 4.57 Å². The summed E-state index contributed by atoms with van der Waals surface area (Å²) in [6.45, 7) is 0. The van der Waals surface area contributed by atoms with Crippen LogP contribution in [0.15, 0.2) is 0 Å². The van der Waals surface area contributed by atoms with Gasteiger partial charge in [-0.3, -0.25) is 9.79 Å². The molecule has 36 valence electrons.